The van der Waals surface area contributed by atoms with Gasteiger partial charge in [0.25, 0.3) is 11.9 Å². The van der Waals surface area contributed by atoms with E-state index < -0.39 is 30.3 Å². The molecule has 0 saturated carbocycles. The molecule has 0 unspecified atom stereocenters. The van der Waals surface area contributed by atoms with Gasteiger partial charge >= 0.3 is 128 Å². The molecule has 4 nitrogen and oxygen atoms in total. The van der Waals surface area contributed by atoms with Crippen LogP contribution < -0.4 is 0 Å². The molecule has 0 radical (unpaired) electrons. The van der Waals surface area contributed by atoms with Crippen LogP contribution in [0.25, 0.3) is 0 Å². The number of aliphatic carboxylic acids is 2. The first-order valence-corrected chi connectivity index (χ1v) is 20.7. The fraction of sp³-hybridized carbons (Fsp3) is 0.909. The molecule has 0 amide bonds. The van der Waals surface area contributed by atoms with Crippen molar-refractivity contribution < 1.29 is 19.8 Å². The molecule has 164 valence electrons. The van der Waals surface area contributed by atoms with Gasteiger partial charge in [-0.15, -0.1) is 0 Å². The van der Waals surface area contributed by atoms with Crippen LogP contribution in [-0.4, -0.2) is 40.5 Å². The van der Waals surface area contributed by atoms with Gasteiger partial charge in [0.1, 0.15) is 0 Å². The Hall–Kier alpha value is -0.261. The molecule has 0 aromatic rings. The van der Waals surface area contributed by atoms with E-state index in [4.69, 9.17) is 19.8 Å². The van der Waals surface area contributed by atoms with E-state index in [9.17, 15) is 0 Å². The normalized spacial score (nSPS) is 10.3. The summed E-state index contributed by atoms with van der Waals surface area (Å²) in [5.41, 5.74) is 0. The number of carboxylic acid groups (broad SMARTS) is 2. The third-order valence-electron chi connectivity index (χ3n) is 4.41. The van der Waals surface area contributed by atoms with Gasteiger partial charge in [-0.2, -0.15) is 0 Å². The topological polar surface area (TPSA) is 74.6 Å². The molecule has 0 aliphatic carbocycles. The minimum absolute atomic E-state index is 0.833. The Bertz CT molecular complexity index is 292. The van der Waals surface area contributed by atoms with Crippen LogP contribution in [0.15, 0.2) is 0 Å². The van der Waals surface area contributed by atoms with Gasteiger partial charge in [0.15, 0.2) is 0 Å². The summed E-state index contributed by atoms with van der Waals surface area (Å²) < 4.78 is 3.30. The van der Waals surface area contributed by atoms with E-state index in [1.165, 1.54) is 64.2 Å². The van der Waals surface area contributed by atoms with Crippen molar-refractivity contribution in [3.63, 3.8) is 0 Å². The van der Waals surface area contributed by atoms with Crippen molar-refractivity contribution in [2.75, 3.05) is 0 Å². The van der Waals surface area contributed by atoms with Crippen LogP contribution in [-0.2, 0) is 9.59 Å². The van der Waals surface area contributed by atoms with Gasteiger partial charge in [0.05, 0.1) is 0 Å². The van der Waals surface area contributed by atoms with Crippen LogP contribution in [0, 0.1) is 0 Å². The summed E-state index contributed by atoms with van der Waals surface area (Å²) in [6.45, 7) is 6.78. The Balaban J connectivity index is -0.000000603. The van der Waals surface area contributed by atoms with Crippen molar-refractivity contribution in [1.82, 2.24) is 0 Å². The molecule has 0 heterocycles. The molecule has 0 saturated heterocycles. The van der Waals surface area contributed by atoms with Gasteiger partial charge in [-0.1, -0.05) is 0 Å². The van der Waals surface area contributed by atoms with Crippen molar-refractivity contribution in [2.45, 2.75) is 123 Å². The molecule has 0 aliphatic heterocycles. The van der Waals surface area contributed by atoms with E-state index in [2.05, 4.69) is 23.7 Å². The van der Waals surface area contributed by atoms with E-state index in [1.807, 2.05) is 0 Å². The average Bonchev–Trinajstić information content (AvgIpc) is 2.53. The average molecular weight is 495 g/mol. The third kappa shape index (κ3) is 46.1. The van der Waals surface area contributed by atoms with Gasteiger partial charge in [0.2, 0.25) is 0 Å². The predicted molar refractivity (Wildman–Crippen MR) is 120 cm³/mol. The molecule has 0 aliphatic rings. The molecule has 0 aromatic carbocycles. The number of hydrogen-bond acceptors (Lipinski definition) is 2. The van der Waals surface area contributed by atoms with Gasteiger partial charge in [-0.05, 0) is 0 Å². The van der Waals surface area contributed by atoms with Crippen LogP contribution in [0.2, 0.25) is 18.8 Å². The second kappa shape index (κ2) is 23.8. The van der Waals surface area contributed by atoms with Gasteiger partial charge < -0.3 is 10.2 Å². The maximum atomic E-state index is 9.00. The SMILES string of the molecule is CC(=O)O.CC(=O)O.CCCCCCC[CH2][Sn]([CH3])([CH3])[CH2]CCCCCCC. The molecule has 27 heavy (non-hydrogen) atoms. The standard InChI is InChI=1S/2C8H17.2C2H4O2.2CH3.Sn/c2*1-3-5-7-8-6-4-2;2*1-2(3)4;;;/h2*1,3-8H2,2H3;2*1H3,(H,3,4);2*1H3;. The molecule has 2 N–H and O–H groups in total. The Morgan fingerprint density at radius 2 is 0.815 bits per heavy atom. The van der Waals surface area contributed by atoms with E-state index in [0.717, 1.165) is 13.8 Å². The maximum absolute atomic E-state index is 9.00. The first kappa shape index (κ1) is 31.4. The second-order valence-corrected chi connectivity index (χ2v) is 23.4. The number of hydrogen-bond donors (Lipinski definition) is 2. The Morgan fingerprint density at radius 3 is 1.07 bits per heavy atom. The fourth-order valence-electron chi connectivity index (χ4n) is 2.89. The number of rotatable bonds is 14. The Morgan fingerprint density at radius 1 is 0.593 bits per heavy atom. The van der Waals surface area contributed by atoms with Crippen LogP contribution in [0.3, 0.4) is 0 Å². The summed E-state index contributed by atoms with van der Waals surface area (Å²) in [6, 6.07) is 0. The van der Waals surface area contributed by atoms with E-state index >= 15 is 0 Å². The second-order valence-electron chi connectivity index (χ2n) is 8.24. The van der Waals surface area contributed by atoms with Crippen LogP contribution in [0.4, 0.5) is 0 Å². The van der Waals surface area contributed by atoms with E-state index in [0.29, 0.717) is 0 Å². The van der Waals surface area contributed by atoms with Crippen molar-refractivity contribution in [3.05, 3.63) is 0 Å². The van der Waals surface area contributed by atoms with Crippen molar-refractivity contribution >= 4 is 30.3 Å². The third-order valence-corrected chi connectivity index (χ3v) is 14.2. The molecule has 0 aromatic heterocycles. The molecule has 0 atom stereocenters. The summed E-state index contributed by atoms with van der Waals surface area (Å²) in [7, 11) is 0. The van der Waals surface area contributed by atoms with Crippen LogP contribution in [0.1, 0.15) is 105 Å². The molecule has 0 rings (SSSR count). The zero-order chi connectivity index (χ0) is 21.6. The monoisotopic (exact) mass is 496 g/mol. The summed E-state index contributed by atoms with van der Waals surface area (Å²) in [5.74, 6) is -1.67. The van der Waals surface area contributed by atoms with Gasteiger partial charge in [-0.3, -0.25) is 9.59 Å². The van der Waals surface area contributed by atoms with Crippen molar-refractivity contribution in [2.24, 2.45) is 0 Å². The van der Waals surface area contributed by atoms with Crippen molar-refractivity contribution in [3.8, 4) is 0 Å². The molecule has 0 spiro atoms. The first-order valence-electron chi connectivity index (χ1n) is 11.0. The molecule has 5 heteroatoms. The quantitative estimate of drug-likeness (QED) is 0.192. The number of carbonyl (C=O) groups is 2. The summed E-state index contributed by atoms with van der Waals surface area (Å²) >= 11 is -1.57. The summed E-state index contributed by atoms with van der Waals surface area (Å²) in [6.07, 6.45) is 17.7. The first-order chi connectivity index (χ1) is 12.6. The zero-order valence-electron chi connectivity index (χ0n) is 19.1. The summed E-state index contributed by atoms with van der Waals surface area (Å²) in [5, 5.41) is 14.8. The Labute approximate surface area is 173 Å². The number of unbranched alkanes of at least 4 members (excludes halogenated alkanes) is 10. The van der Waals surface area contributed by atoms with E-state index in [1.54, 1.807) is 21.7 Å². The van der Waals surface area contributed by atoms with Crippen LogP contribution >= 0.6 is 0 Å². The molecular weight excluding hydrogens is 447 g/mol. The Kier molecular flexibility index (Phi) is 27.7. The van der Waals surface area contributed by atoms with Gasteiger partial charge in [0, 0.05) is 13.8 Å². The number of carboxylic acids is 2. The molecule has 0 fully saturated rings. The minimum atomic E-state index is -1.57. The van der Waals surface area contributed by atoms with E-state index in [-0.39, 0.29) is 0 Å². The molecule has 0 bridgehead atoms. The summed E-state index contributed by atoms with van der Waals surface area (Å²) in [4.78, 5) is 23.4. The van der Waals surface area contributed by atoms with Crippen molar-refractivity contribution in [1.29, 1.82) is 0 Å². The predicted octanol–water partition coefficient (Wildman–Crippen LogP) is 7.60. The fourth-order valence-corrected chi connectivity index (χ4v) is 10.5. The van der Waals surface area contributed by atoms with Crippen LogP contribution in [0.5, 0.6) is 0 Å². The molecular formula is C22H48O4Sn. The zero-order valence-corrected chi connectivity index (χ0v) is 22.0. The van der Waals surface area contributed by atoms with Gasteiger partial charge in [-0.25, -0.2) is 0 Å².